The molecule has 2 nitrogen and oxygen atoms in total. The summed E-state index contributed by atoms with van der Waals surface area (Å²) in [5.41, 5.74) is 3.87. The lowest BCUT2D eigenvalue weighted by Gasteiger charge is -2.37. The van der Waals surface area contributed by atoms with E-state index < -0.39 is 5.41 Å². The molecule has 0 aliphatic heterocycles. The first kappa shape index (κ1) is 22.3. The van der Waals surface area contributed by atoms with E-state index in [1.165, 1.54) is 11.1 Å². The number of hydrogen-bond donors (Lipinski definition) is 0. The molecule has 0 unspecified atom stereocenters. The molecule has 26 heavy (non-hydrogen) atoms. The molecule has 0 N–H and O–H groups in total. The summed E-state index contributed by atoms with van der Waals surface area (Å²) in [5.74, 6) is 0.368. The van der Waals surface area contributed by atoms with Crippen LogP contribution in [0.5, 0.6) is 0 Å². The summed E-state index contributed by atoms with van der Waals surface area (Å²) in [7, 11) is 0. The molecule has 2 heteroatoms. The summed E-state index contributed by atoms with van der Waals surface area (Å²) in [4.78, 5) is 26.2. The number of carbonyl (C=O) groups is 2. The molecule has 0 aromatic carbocycles. The Morgan fingerprint density at radius 1 is 1.04 bits per heavy atom. The molecule has 2 atom stereocenters. The van der Waals surface area contributed by atoms with Gasteiger partial charge >= 0.3 is 0 Å². The quantitative estimate of drug-likeness (QED) is 0.366. The molecular weight excluding hydrogens is 320 g/mol. The van der Waals surface area contributed by atoms with Gasteiger partial charge in [0, 0.05) is 6.42 Å². The normalized spacial score (nSPS) is 22.3. The van der Waals surface area contributed by atoms with Crippen molar-refractivity contribution < 1.29 is 9.59 Å². The van der Waals surface area contributed by atoms with E-state index in [1.54, 1.807) is 6.08 Å². The van der Waals surface area contributed by atoms with Gasteiger partial charge in [-0.25, -0.2) is 0 Å². The first-order valence-electron chi connectivity index (χ1n) is 9.74. The molecule has 0 radical (unpaired) electrons. The molecule has 1 rings (SSSR count). The molecule has 0 fully saturated rings. The highest BCUT2D eigenvalue weighted by Crippen LogP contribution is 2.43. The molecule has 0 bridgehead atoms. The van der Waals surface area contributed by atoms with Crippen LogP contribution in [-0.2, 0) is 9.59 Å². The van der Waals surface area contributed by atoms with Crippen molar-refractivity contribution in [2.45, 2.75) is 80.6 Å². The predicted molar refractivity (Wildman–Crippen MR) is 111 cm³/mol. The van der Waals surface area contributed by atoms with Gasteiger partial charge in [-0.05, 0) is 86.1 Å². The van der Waals surface area contributed by atoms with Gasteiger partial charge in [0.25, 0.3) is 0 Å². The third-order valence-electron chi connectivity index (χ3n) is 5.20. The van der Waals surface area contributed by atoms with Crippen molar-refractivity contribution in [2.24, 2.45) is 11.3 Å². The van der Waals surface area contributed by atoms with Gasteiger partial charge in [-0.15, -0.1) is 0 Å². The van der Waals surface area contributed by atoms with Crippen LogP contribution < -0.4 is 0 Å². The summed E-state index contributed by atoms with van der Waals surface area (Å²) < 4.78 is 0. The zero-order valence-electron chi connectivity index (χ0n) is 17.7. The number of allylic oxidation sites excluding steroid dienone is 8. The Morgan fingerprint density at radius 3 is 2.15 bits per heavy atom. The lowest BCUT2D eigenvalue weighted by Crippen LogP contribution is -2.43. The van der Waals surface area contributed by atoms with Crippen molar-refractivity contribution in [3.05, 3.63) is 46.6 Å². The minimum atomic E-state index is -0.883. The van der Waals surface area contributed by atoms with Crippen molar-refractivity contribution in [1.29, 1.82) is 0 Å². The maximum absolute atomic E-state index is 13.2. The Balaban J connectivity index is 3.19. The average molecular weight is 357 g/mol. The van der Waals surface area contributed by atoms with E-state index in [2.05, 4.69) is 32.1 Å². The van der Waals surface area contributed by atoms with Crippen LogP contribution >= 0.6 is 0 Å². The molecule has 0 spiro atoms. The molecule has 0 saturated carbocycles. The second-order valence-electron chi connectivity index (χ2n) is 8.48. The monoisotopic (exact) mass is 356 g/mol. The van der Waals surface area contributed by atoms with E-state index in [9.17, 15) is 9.59 Å². The second-order valence-corrected chi connectivity index (χ2v) is 8.48. The maximum Gasteiger partial charge on any atom is 0.169 e. The molecule has 0 heterocycles. The van der Waals surface area contributed by atoms with Crippen LogP contribution in [0.25, 0.3) is 0 Å². The number of rotatable bonds is 8. The predicted octanol–water partition coefficient (Wildman–Crippen LogP) is 6.54. The van der Waals surface area contributed by atoms with Crippen LogP contribution in [0, 0.1) is 11.3 Å². The fourth-order valence-corrected chi connectivity index (χ4v) is 3.45. The van der Waals surface area contributed by atoms with Crippen LogP contribution in [-0.4, -0.2) is 11.6 Å². The van der Waals surface area contributed by atoms with Crippen LogP contribution in [0.4, 0.5) is 0 Å². The number of ketones is 2. The van der Waals surface area contributed by atoms with Crippen LogP contribution in [0.1, 0.15) is 80.6 Å². The molecule has 144 valence electrons. The first-order chi connectivity index (χ1) is 12.1. The van der Waals surface area contributed by atoms with Crippen LogP contribution in [0.15, 0.2) is 46.6 Å². The molecular formula is C24H36O2. The molecule has 0 amide bonds. The molecule has 0 saturated heterocycles. The third-order valence-corrected chi connectivity index (χ3v) is 5.20. The van der Waals surface area contributed by atoms with E-state index >= 15 is 0 Å². The fourth-order valence-electron chi connectivity index (χ4n) is 3.45. The topological polar surface area (TPSA) is 34.1 Å². The van der Waals surface area contributed by atoms with Gasteiger partial charge < -0.3 is 0 Å². The van der Waals surface area contributed by atoms with Gasteiger partial charge in [-0.1, -0.05) is 40.5 Å². The smallest absolute Gasteiger partial charge is 0.169 e. The Hall–Kier alpha value is -1.70. The fraction of sp³-hybridized carbons (Fsp3) is 0.583. The van der Waals surface area contributed by atoms with Gasteiger partial charge in [0.1, 0.15) is 5.78 Å². The van der Waals surface area contributed by atoms with E-state index in [-0.39, 0.29) is 17.5 Å². The van der Waals surface area contributed by atoms with E-state index in [0.717, 1.165) is 17.6 Å². The summed E-state index contributed by atoms with van der Waals surface area (Å²) >= 11 is 0. The third kappa shape index (κ3) is 6.23. The van der Waals surface area contributed by atoms with Crippen LogP contribution in [0.3, 0.4) is 0 Å². The Morgan fingerprint density at radius 2 is 1.62 bits per heavy atom. The van der Waals surface area contributed by atoms with E-state index in [1.807, 2.05) is 34.6 Å². The number of Topliss-reactive ketones (excluding diaryl/α,β-unsaturated/α-hetero) is 1. The molecule has 1 aliphatic carbocycles. The molecule has 0 aromatic heterocycles. The highest BCUT2D eigenvalue weighted by atomic mass is 16.2. The van der Waals surface area contributed by atoms with Gasteiger partial charge in [-0.3, -0.25) is 9.59 Å². The van der Waals surface area contributed by atoms with Crippen molar-refractivity contribution in [3.8, 4) is 0 Å². The Kier molecular flexibility index (Phi) is 8.46. The number of hydrogen-bond acceptors (Lipinski definition) is 2. The average Bonchev–Trinajstić information content (AvgIpc) is 2.52. The minimum Gasteiger partial charge on any atom is -0.299 e. The van der Waals surface area contributed by atoms with Crippen molar-refractivity contribution in [2.75, 3.05) is 0 Å². The first-order valence-corrected chi connectivity index (χ1v) is 9.74. The van der Waals surface area contributed by atoms with Gasteiger partial charge in [0.05, 0.1) is 5.41 Å². The minimum absolute atomic E-state index is 0.00292. The Labute approximate surface area is 160 Å². The number of carbonyl (C=O) groups excluding carboxylic acids is 2. The van der Waals surface area contributed by atoms with E-state index in [0.29, 0.717) is 25.7 Å². The summed E-state index contributed by atoms with van der Waals surface area (Å²) in [6.45, 7) is 14.3. The SMILES string of the molecule is CC(C)=CCCC(=O)[C@@]1(CC=C(C)C)C[C@@H](CC=C(C)C)C(C)=CC1=O. The van der Waals surface area contributed by atoms with Crippen molar-refractivity contribution >= 4 is 11.6 Å². The second kappa shape index (κ2) is 9.85. The van der Waals surface area contributed by atoms with Crippen molar-refractivity contribution in [1.82, 2.24) is 0 Å². The van der Waals surface area contributed by atoms with Gasteiger partial charge in [0.15, 0.2) is 5.78 Å². The summed E-state index contributed by atoms with van der Waals surface area (Å²) in [6.07, 6.45) is 11.3. The van der Waals surface area contributed by atoms with Gasteiger partial charge in [0.2, 0.25) is 0 Å². The summed E-state index contributed by atoms with van der Waals surface area (Å²) in [6, 6.07) is 0. The van der Waals surface area contributed by atoms with Crippen molar-refractivity contribution in [3.63, 3.8) is 0 Å². The zero-order valence-corrected chi connectivity index (χ0v) is 17.7. The molecule has 1 aliphatic rings. The standard InChI is InChI=1S/C24H36O2/c1-17(2)9-8-10-22(25)24(14-13-19(5)6)16-21(12-11-18(3)4)20(7)15-23(24)26/h9,11,13,15,21H,8,10,12,14,16H2,1-7H3/t21-,24-/m1/s1. The van der Waals surface area contributed by atoms with Gasteiger partial charge in [-0.2, -0.15) is 0 Å². The Bertz CT molecular complexity index is 646. The highest BCUT2D eigenvalue weighted by Gasteiger charge is 2.46. The molecule has 0 aromatic rings. The zero-order chi connectivity index (χ0) is 19.9. The van der Waals surface area contributed by atoms with E-state index in [4.69, 9.17) is 0 Å². The highest BCUT2D eigenvalue weighted by molar-refractivity contribution is 6.12. The maximum atomic E-state index is 13.2. The lowest BCUT2D eigenvalue weighted by atomic mass is 9.63. The largest absolute Gasteiger partial charge is 0.299 e. The van der Waals surface area contributed by atoms with Crippen LogP contribution in [0.2, 0.25) is 0 Å². The lowest BCUT2D eigenvalue weighted by molar-refractivity contribution is -0.139. The summed E-state index contributed by atoms with van der Waals surface area (Å²) in [5, 5.41) is 0.